The number of hydrogen-bond donors (Lipinski definition) is 2. The third-order valence-corrected chi connectivity index (χ3v) is 21.4. The lowest BCUT2D eigenvalue weighted by Crippen LogP contribution is -2.53. The molecule has 16 nitrogen and oxygen atoms in total. The van der Waals surface area contributed by atoms with Crippen molar-refractivity contribution in [3.05, 3.63) is 131 Å². The van der Waals surface area contributed by atoms with Crippen LogP contribution in [0, 0.1) is 24.7 Å². The summed E-state index contributed by atoms with van der Waals surface area (Å²) in [7, 11) is -2.37. The van der Waals surface area contributed by atoms with Crippen molar-refractivity contribution in [2.75, 3.05) is 50.0 Å². The maximum absolute atomic E-state index is 13.0. The number of hydrogen-bond acceptors (Lipinski definition) is 15. The summed E-state index contributed by atoms with van der Waals surface area (Å²) in [5, 5.41) is 15.6. The third-order valence-electron chi connectivity index (χ3n) is 16.4. The molecule has 0 unspecified atom stereocenters. The first-order chi connectivity index (χ1) is 42.6. The largest absolute Gasteiger partial charge is 0.444 e. The van der Waals surface area contributed by atoms with E-state index in [0.29, 0.717) is 38.4 Å². The van der Waals surface area contributed by atoms with Crippen LogP contribution in [-0.4, -0.2) is 128 Å². The normalized spacial score (nSPS) is 17.1. The minimum absolute atomic E-state index is 0.0150. The Morgan fingerprint density at radius 2 is 1.12 bits per heavy atom. The van der Waals surface area contributed by atoms with E-state index in [1.165, 1.54) is 5.56 Å². The first-order valence-electron chi connectivity index (χ1n) is 31.8. The number of aryl methyl sites for hydroxylation is 2. The van der Waals surface area contributed by atoms with E-state index in [1.54, 1.807) is 27.6 Å². The first kappa shape index (κ1) is 66.3. The van der Waals surface area contributed by atoms with Crippen LogP contribution >= 0.6 is 22.7 Å². The van der Waals surface area contributed by atoms with Crippen molar-refractivity contribution in [3.8, 4) is 43.7 Å². The second-order valence-electron chi connectivity index (χ2n) is 29.7. The zero-order valence-corrected chi connectivity index (χ0v) is 59.4. The Kier molecular flexibility index (Phi) is 20.4. The zero-order chi connectivity index (χ0) is 64.2. The molecule has 0 aliphatic carbocycles. The molecule has 90 heavy (non-hydrogen) atoms. The molecule has 11 rings (SSSR count). The molecule has 1 amide bonds. The van der Waals surface area contributed by atoms with Crippen LogP contribution in [0.15, 0.2) is 115 Å². The van der Waals surface area contributed by atoms with Crippen molar-refractivity contribution in [2.45, 2.75) is 164 Å². The van der Waals surface area contributed by atoms with Crippen LogP contribution in [0.2, 0.25) is 51.4 Å². The number of thiazole rings is 2. The number of fused-ring (bicyclic) bond motifs is 2. The van der Waals surface area contributed by atoms with Gasteiger partial charge in [-0.25, -0.2) is 34.7 Å². The van der Waals surface area contributed by atoms with Crippen LogP contribution in [0.5, 0.6) is 0 Å². The summed E-state index contributed by atoms with van der Waals surface area (Å²) in [6.45, 7) is 39.8. The second-order valence-corrected chi connectivity index (χ2v) is 42.8. The van der Waals surface area contributed by atoms with Crippen molar-refractivity contribution in [1.29, 1.82) is 0 Å². The fourth-order valence-corrected chi connectivity index (χ4v) is 15.0. The van der Waals surface area contributed by atoms with Crippen LogP contribution in [0.25, 0.3) is 65.5 Å². The van der Waals surface area contributed by atoms with Gasteiger partial charge in [0, 0.05) is 155 Å². The van der Waals surface area contributed by atoms with E-state index >= 15 is 0 Å². The summed E-state index contributed by atoms with van der Waals surface area (Å²) >= 11 is 3.29. The molecule has 0 bridgehead atoms. The number of likely N-dealkylation sites (tertiary alicyclic amines) is 2. The highest BCUT2D eigenvalue weighted by atomic mass is 32.1. The van der Waals surface area contributed by atoms with E-state index < -0.39 is 21.7 Å². The van der Waals surface area contributed by atoms with Crippen molar-refractivity contribution in [2.24, 2.45) is 10.8 Å². The fourth-order valence-electron chi connectivity index (χ4n) is 12.2. The molecule has 2 atom stereocenters. The number of benzene rings is 3. The summed E-state index contributed by atoms with van der Waals surface area (Å²) < 4.78 is 22.6. The molecule has 2 N–H and O–H groups in total. The van der Waals surface area contributed by atoms with Gasteiger partial charge in [0.15, 0.2) is 0 Å². The predicted octanol–water partition coefficient (Wildman–Crippen LogP) is 16.8. The van der Waals surface area contributed by atoms with Crippen LogP contribution < -0.4 is 10.6 Å². The molecule has 0 spiro atoms. The Balaban J connectivity index is 0.000000198. The van der Waals surface area contributed by atoms with Gasteiger partial charge in [0.05, 0.1) is 22.4 Å². The molecular formula is C70H94N12O4S2Si2. The number of amides is 1. The van der Waals surface area contributed by atoms with Crippen molar-refractivity contribution in [1.82, 2.24) is 48.8 Å². The lowest BCUT2D eigenvalue weighted by atomic mass is 9.81. The van der Waals surface area contributed by atoms with Gasteiger partial charge in [-0.3, -0.25) is 4.90 Å². The minimum Gasteiger partial charge on any atom is -0.444 e. The van der Waals surface area contributed by atoms with Gasteiger partial charge in [0.2, 0.25) is 11.9 Å². The number of ether oxygens (including phenoxy) is 3. The predicted molar refractivity (Wildman–Crippen MR) is 377 cm³/mol. The van der Waals surface area contributed by atoms with Gasteiger partial charge in [0.25, 0.3) is 0 Å². The summed E-state index contributed by atoms with van der Waals surface area (Å²) in [5.74, 6) is 1.23. The van der Waals surface area contributed by atoms with E-state index in [-0.39, 0.29) is 29.0 Å². The maximum Gasteiger partial charge on any atom is 0.410 e. The number of nitrogens with zero attached hydrogens (tertiary/aromatic N) is 10. The van der Waals surface area contributed by atoms with E-state index in [0.717, 1.165) is 134 Å². The smallest absolute Gasteiger partial charge is 0.410 e. The minimum atomic E-state index is -1.20. The Morgan fingerprint density at radius 3 is 1.58 bits per heavy atom. The number of piperidine rings is 2. The molecule has 0 saturated carbocycles. The average molecular weight is 1290 g/mol. The Morgan fingerprint density at radius 1 is 0.644 bits per heavy atom. The standard InChI is InChI=1S/C36H46N6OSSi.C34H48N6O3SSi/c1-26-20-38-35(39-29-19-36(2,3)24-41(22-29)21-27-10-8-7-9-11-27)40-33(26)31-23-42(25-43-15-17-45(4,5)6)32-18-28(12-13-30(31)32)34-37-14-16-44-34;1-23-18-36-31(37-25-17-34(5,6)21-39(19-25)32(41)43-33(2,3)4)38-29(23)27-20-40(22-42-13-15-45(7,8)9)28-16-24(10-11-26(27)28)30-35-12-14-44-30/h7-14,16,18,20,23,29H,15,17,19,21-22,24-25H2,1-6H3,(H,38,39,40);10-12,14,16,18,20,25H,13,15,17,19,21-22H2,1-9H3,(H,36,37,38)/t29-;25-/m00/s1. The maximum atomic E-state index is 13.0. The molecule has 0 radical (unpaired) electrons. The summed E-state index contributed by atoms with van der Waals surface area (Å²) in [4.78, 5) is 46.1. The molecule has 2 aliphatic heterocycles. The Hall–Kier alpha value is -6.66. The molecule has 3 aromatic carbocycles. The number of anilines is 2. The van der Waals surface area contributed by atoms with Crippen molar-refractivity contribution >= 4 is 78.6 Å². The quantitative estimate of drug-likeness (QED) is 0.0548. The van der Waals surface area contributed by atoms with Gasteiger partial charge in [0.1, 0.15) is 29.1 Å². The second kappa shape index (κ2) is 27.7. The number of carbonyl (C=O) groups is 1. The third kappa shape index (κ3) is 17.7. The molecule has 2 fully saturated rings. The van der Waals surface area contributed by atoms with Crippen molar-refractivity contribution in [3.63, 3.8) is 0 Å². The molecule has 6 aromatic heterocycles. The summed E-state index contributed by atoms with van der Waals surface area (Å²) in [6, 6.07) is 26.4. The zero-order valence-electron chi connectivity index (χ0n) is 55.7. The van der Waals surface area contributed by atoms with Gasteiger partial charge in [-0.05, 0) is 99.2 Å². The number of nitrogens with one attached hydrogen (secondary N) is 2. The van der Waals surface area contributed by atoms with Crippen LogP contribution in [0.4, 0.5) is 16.7 Å². The molecule has 2 saturated heterocycles. The number of carbonyl (C=O) groups excluding carboxylic acids is 1. The van der Waals surface area contributed by atoms with Crippen LogP contribution in [0.1, 0.15) is 78.0 Å². The van der Waals surface area contributed by atoms with Crippen LogP contribution in [-0.2, 0) is 34.2 Å². The highest BCUT2D eigenvalue weighted by Gasteiger charge is 2.38. The molecule has 8 heterocycles. The molecular weight excluding hydrogens is 1190 g/mol. The molecule has 478 valence electrons. The topological polar surface area (TPSA) is 162 Å². The van der Waals surface area contributed by atoms with Gasteiger partial charge in [-0.2, -0.15) is 0 Å². The van der Waals surface area contributed by atoms with Crippen LogP contribution in [0.3, 0.4) is 0 Å². The first-order valence-corrected chi connectivity index (χ1v) is 40.9. The van der Waals surface area contributed by atoms with E-state index in [1.807, 2.05) is 63.2 Å². The summed E-state index contributed by atoms with van der Waals surface area (Å²) in [6.07, 6.45) is 13.6. The van der Waals surface area contributed by atoms with E-state index in [4.69, 9.17) is 29.2 Å². The van der Waals surface area contributed by atoms with Gasteiger partial charge >= 0.3 is 6.09 Å². The number of rotatable bonds is 20. The monoisotopic (exact) mass is 1290 g/mol. The highest BCUT2D eigenvalue weighted by molar-refractivity contribution is 7.13. The molecule has 20 heteroatoms. The van der Waals surface area contributed by atoms with E-state index in [9.17, 15) is 4.79 Å². The lowest BCUT2D eigenvalue weighted by Gasteiger charge is -2.42. The van der Waals surface area contributed by atoms with Gasteiger partial charge < -0.3 is 38.9 Å². The average Bonchev–Trinajstić information content (AvgIpc) is 1.67. The van der Waals surface area contributed by atoms with Gasteiger partial charge in [-0.15, -0.1) is 22.7 Å². The Bertz CT molecular complexity index is 3870. The number of aromatic nitrogens is 8. The molecule has 9 aromatic rings. The summed E-state index contributed by atoms with van der Waals surface area (Å²) in [5.41, 5.74) is 11.3. The fraction of sp³-hybridized carbons (Fsp3) is 0.471. The molecule has 2 aliphatic rings. The van der Waals surface area contributed by atoms with Crippen molar-refractivity contribution < 1.29 is 19.0 Å². The highest BCUT2D eigenvalue weighted by Crippen LogP contribution is 2.39. The SMILES string of the molecule is Cc1cnc(N[C@@H]2CN(C(=O)OC(C)(C)C)CC(C)(C)C2)nc1-c1cn(COCC[Si](C)(C)C)c2cc(-c3nccs3)ccc12.Cc1cnc(N[C@@H]2CN(Cc3ccccc3)CC(C)(C)C2)nc1-c1cn(COCC[Si](C)(C)C)c2cc(-c3nccs3)ccc12. The lowest BCUT2D eigenvalue weighted by molar-refractivity contribution is 0.00709. The van der Waals surface area contributed by atoms with E-state index in [2.05, 4.69) is 193 Å². The Labute approximate surface area is 543 Å². The van der Waals surface area contributed by atoms with Gasteiger partial charge in [-0.1, -0.05) is 122 Å².